The molecule has 3 rings (SSSR count). The molecule has 1 aliphatic rings. The van der Waals surface area contributed by atoms with Gasteiger partial charge in [-0.05, 0) is 0 Å². The molecular formula is C21H26GeO. The second-order valence-corrected chi connectivity index (χ2v) is 18.4. The average molecular weight is 367 g/mol. The Hall–Kier alpha value is -1.35. The van der Waals surface area contributed by atoms with E-state index in [0.29, 0.717) is 12.2 Å². The topological polar surface area (TPSA) is 17.1 Å². The quantitative estimate of drug-likeness (QED) is 0.629. The molecule has 0 saturated heterocycles. The van der Waals surface area contributed by atoms with E-state index in [1.807, 2.05) is 12.1 Å². The molecule has 1 nitrogen and oxygen atoms in total. The molecule has 0 radical (unpaired) electrons. The second-order valence-electron chi connectivity index (χ2n) is 6.76. The van der Waals surface area contributed by atoms with Crippen molar-refractivity contribution < 1.29 is 4.79 Å². The van der Waals surface area contributed by atoms with Gasteiger partial charge in [-0.15, -0.1) is 0 Å². The molecule has 1 atom stereocenters. The van der Waals surface area contributed by atoms with Gasteiger partial charge in [-0.2, -0.15) is 0 Å². The van der Waals surface area contributed by atoms with Crippen molar-refractivity contribution >= 4 is 19.0 Å². The van der Waals surface area contributed by atoms with Crippen LogP contribution < -0.4 is 0 Å². The van der Waals surface area contributed by atoms with E-state index < -0.39 is 13.3 Å². The number of fused-ring (bicyclic) bond motifs is 1. The normalized spacial score (nSPS) is 20.6. The van der Waals surface area contributed by atoms with E-state index in [4.69, 9.17) is 0 Å². The van der Waals surface area contributed by atoms with Gasteiger partial charge in [-0.3, -0.25) is 0 Å². The number of carbonyl (C=O) groups is 1. The van der Waals surface area contributed by atoms with Crippen molar-refractivity contribution in [2.45, 2.75) is 47.2 Å². The van der Waals surface area contributed by atoms with Crippen LogP contribution in [0.3, 0.4) is 0 Å². The van der Waals surface area contributed by atoms with Crippen LogP contribution in [0, 0.1) is 0 Å². The van der Waals surface area contributed by atoms with Crippen LogP contribution in [0.4, 0.5) is 0 Å². The Labute approximate surface area is 142 Å². The van der Waals surface area contributed by atoms with Crippen LogP contribution in [0.25, 0.3) is 0 Å². The monoisotopic (exact) mass is 368 g/mol. The molecule has 0 saturated carbocycles. The van der Waals surface area contributed by atoms with Crippen molar-refractivity contribution in [3.8, 4) is 0 Å². The molecule has 120 valence electrons. The van der Waals surface area contributed by atoms with Gasteiger partial charge in [0.05, 0.1) is 0 Å². The summed E-state index contributed by atoms with van der Waals surface area (Å²) in [7, 11) is 0. The molecule has 2 aromatic rings. The summed E-state index contributed by atoms with van der Waals surface area (Å²) in [5.74, 6) is 0.342. The van der Waals surface area contributed by atoms with Crippen LogP contribution in [-0.2, 0) is 4.25 Å². The van der Waals surface area contributed by atoms with Gasteiger partial charge in [0.15, 0.2) is 0 Å². The molecule has 0 heterocycles. The Kier molecular flexibility index (Phi) is 4.50. The number of carbonyl (C=O) groups excluding carboxylic acids is 1. The minimum atomic E-state index is -2.32. The van der Waals surface area contributed by atoms with E-state index in [1.54, 1.807) is 0 Å². The van der Waals surface area contributed by atoms with E-state index in [0.717, 1.165) is 5.56 Å². The summed E-state index contributed by atoms with van der Waals surface area (Å²) in [5.41, 5.74) is 3.67. The molecule has 2 heteroatoms. The van der Waals surface area contributed by atoms with Gasteiger partial charge in [0.2, 0.25) is 0 Å². The second kappa shape index (κ2) is 6.28. The zero-order valence-corrected chi connectivity index (χ0v) is 16.5. The molecule has 2 aromatic carbocycles. The number of hydrogen-bond acceptors (Lipinski definition) is 1. The van der Waals surface area contributed by atoms with Crippen molar-refractivity contribution in [1.29, 1.82) is 0 Å². The van der Waals surface area contributed by atoms with Gasteiger partial charge >= 0.3 is 142 Å². The maximum atomic E-state index is 12.9. The van der Waals surface area contributed by atoms with Crippen LogP contribution in [0.15, 0.2) is 54.6 Å². The summed E-state index contributed by atoms with van der Waals surface area (Å²) in [6, 6.07) is 19.3. The van der Waals surface area contributed by atoms with Gasteiger partial charge in [0.1, 0.15) is 0 Å². The molecule has 1 aliphatic carbocycles. The Balaban J connectivity index is 2.36. The fourth-order valence-corrected chi connectivity index (χ4v) is 16.3. The SMILES string of the molecule is C[CH2][Ge]([CH2]C)([CH2]C)[C@@]1(c2ccccc2)CC(=O)c2ccccc21. The third-order valence-corrected chi connectivity index (χ3v) is 20.2. The summed E-state index contributed by atoms with van der Waals surface area (Å²) in [5, 5.41) is 3.80. The first-order chi connectivity index (χ1) is 11.1. The van der Waals surface area contributed by atoms with Gasteiger partial charge in [-0.25, -0.2) is 0 Å². The molecule has 0 bridgehead atoms. The van der Waals surface area contributed by atoms with Crippen LogP contribution >= 0.6 is 0 Å². The molecule has 0 aliphatic heterocycles. The van der Waals surface area contributed by atoms with E-state index in [2.05, 4.69) is 63.2 Å². The number of rotatable bonds is 5. The Morgan fingerprint density at radius 1 is 0.870 bits per heavy atom. The van der Waals surface area contributed by atoms with E-state index >= 15 is 0 Å². The molecule has 0 spiro atoms. The Morgan fingerprint density at radius 2 is 1.43 bits per heavy atom. The van der Waals surface area contributed by atoms with Gasteiger partial charge in [0, 0.05) is 0 Å². The third kappa shape index (κ3) is 2.24. The third-order valence-electron chi connectivity index (χ3n) is 6.32. The summed E-state index contributed by atoms with van der Waals surface area (Å²) in [6.45, 7) is 7.09. The summed E-state index contributed by atoms with van der Waals surface area (Å²) >= 11 is -2.32. The van der Waals surface area contributed by atoms with Gasteiger partial charge in [0.25, 0.3) is 0 Å². The molecule has 23 heavy (non-hydrogen) atoms. The van der Waals surface area contributed by atoms with Crippen molar-refractivity contribution in [2.75, 3.05) is 0 Å². The fourth-order valence-electron chi connectivity index (χ4n) is 4.94. The Morgan fingerprint density at radius 3 is 2.04 bits per heavy atom. The molecule has 0 aromatic heterocycles. The van der Waals surface area contributed by atoms with E-state index in [1.165, 1.54) is 26.9 Å². The van der Waals surface area contributed by atoms with Crippen LogP contribution in [0.1, 0.15) is 48.7 Å². The molecule has 0 fully saturated rings. The van der Waals surface area contributed by atoms with Crippen molar-refractivity contribution in [1.82, 2.24) is 0 Å². The summed E-state index contributed by atoms with van der Waals surface area (Å²) in [4.78, 5) is 12.9. The first kappa shape index (κ1) is 16.5. The molecule has 0 amide bonds. The molecule has 0 N–H and O–H groups in total. The minimum absolute atomic E-state index is 0.00676. The standard InChI is InChI=1S/C21H26GeO/c1-4-22(5-2,6-3)21(17-12-8-7-9-13-17)16-20(23)18-14-10-11-15-19(18)21/h7-15H,4-6,16H2,1-3H3/t21-/m1/s1. The summed E-state index contributed by atoms with van der Waals surface area (Å²) in [6.07, 6.45) is 0.686. The van der Waals surface area contributed by atoms with Crippen LogP contribution in [-0.4, -0.2) is 19.0 Å². The first-order valence-electron chi connectivity index (χ1n) is 8.83. The van der Waals surface area contributed by atoms with E-state index in [-0.39, 0.29) is 4.25 Å². The van der Waals surface area contributed by atoms with Crippen molar-refractivity contribution in [3.05, 3.63) is 71.3 Å². The predicted molar refractivity (Wildman–Crippen MR) is 99.8 cm³/mol. The van der Waals surface area contributed by atoms with Crippen LogP contribution in [0.5, 0.6) is 0 Å². The average Bonchev–Trinajstić information content (AvgIpc) is 2.93. The number of ketones is 1. The fraction of sp³-hybridized carbons (Fsp3) is 0.381. The molecule has 0 unspecified atom stereocenters. The molecular weight excluding hydrogens is 341 g/mol. The van der Waals surface area contributed by atoms with E-state index in [9.17, 15) is 4.79 Å². The predicted octanol–water partition coefficient (Wildman–Crippen LogP) is 5.61. The zero-order valence-electron chi connectivity index (χ0n) is 14.4. The number of hydrogen-bond donors (Lipinski definition) is 0. The summed E-state index contributed by atoms with van der Waals surface area (Å²) < 4.78 is -0.00676. The number of benzene rings is 2. The van der Waals surface area contributed by atoms with Crippen LogP contribution in [0.2, 0.25) is 15.8 Å². The van der Waals surface area contributed by atoms with Crippen molar-refractivity contribution in [3.63, 3.8) is 0 Å². The van der Waals surface area contributed by atoms with Gasteiger partial charge < -0.3 is 0 Å². The zero-order chi connectivity index (χ0) is 16.5. The van der Waals surface area contributed by atoms with Gasteiger partial charge in [-0.1, -0.05) is 0 Å². The van der Waals surface area contributed by atoms with Crippen molar-refractivity contribution in [2.24, 2.45) is 0 Å². The maximum absolute atomic E-state index is 12.9. The first-order valence-corrected chi connectivity index (χ1v) is 14.3. The number of Topliss-reactive ketones (excluding diaryl/α,β-unsaturated/α-hetero) is 1. The Bertz CT molecular complexity index is 695.